The molecule has 0 bridgehead atoms. The van der Waals surface area contributed by atoms with Crippen LogP contribution in [0.25, 0.3) is 10.9 Å². The molecule has 8 nitrogen and oxygen atoms in total. The number of allylic oxidation sites excluding steroid dienone is 2. The van der Waals surface area contributed by atoms with Crippen LogP contribution in [-0.2, 0) is 31.0 Å². The fourth-order valence-corrected chi connectivity index (χ4v) is 6.27. The molecule has 0 aliphatic carbocycles. The van der Waals surface area contributed by atoms with Gasteiger partial charge in [0, 0.05) is 33.7 Å². The van der Waals surface area contributed by atoms with Crippen molar-refractivity contribution in [2.75, 3.05) is 20.8 Å². The second-order valence-corrected chi connectivity index (χ2v) is 10.2. The van der Waals surface area contributed by atoms with E-state index in [0.29, 0.717) is 27.6 Å². The minimum atomic E-state index is -1.68. The van der Waals surface area contributed by atoms with Crippen LogP contribution in [0.1, 0.15) is 21.6 Å². The predicted octanol–water partition coefficient (Wildman–Crippen LogP) is 4.50. The number of benzene rings is 2. The fourth-order valence-electron chi connectivity index (χ4n) is 5.04. The van der Waals surface area contributed by atoms with Gasteiger partial charge in [0.15, 0.2) is 5.78 Å². The van der Waals surface area contributed by atoms with Gasteiger partial charge >= 0.3 is 11.9 Å². The van der Waals surface area contributed by atoms with Crippen molar-refractivity contribution in [2.24, 2.45) is 0 Å². The molecule has 3 aromatic rings. The minimum absolute atomic E-state index is 0.0249. The van der Waals surface area contributed by atoms with Crippen LogP contribution in [0.4, 0.5) is 0 Å². The van der Waals surface area contributed by atoms with E-state index in [9.17, 15) is 19.5 Å². The van der Waals surface area contributed by atoms with Crippen molar-refractivity contribution in [1.29, 1.82) is 0 Å². The number of esters is 2. The molecule has 10 heteroatoms. The van der Waals surface area contributed by atoms with E-state index in [0.717, 1.165) is 16.5 Å². The lowest BCUT2D eigenvalue weighted by Crippen LogP contribution is -2.58. The zero-order valence-electron chi connectivity index (χ0n) is 19.2. The molecule has 36 heavy (non-hydrogen) atoms. The molecule has 5 rings (SSSR count). The summed E-state index contributed by atoms with van der Waals surface area (Å²) in [7, 11) is 2.47. The van der Waals surface area contributed by atoms with Crippen LogP contribution in [0.3, 0.4) is 0 Å². The van der Waals surface area contributed by atoms with Crippen LogP contribution in [-0.4, -0.2) is 53.5 Å². The van der Waals surface area contributed by atoms with Crippen LogP contribution in [0, 0.1) is 0 Å². The Hall–Kier alpha value is -3.37. The Morgan fingerprint density at radius 2 is 1.86 bits per heavy atom. The van der Waals surface area contributed by atoms with Gasteiger partial charge in [-0.05, 0) is 52.2 Å². The van der Waals surface area contributed by atoms with E-state index < -0.39 is 23.3 Å². The Balaban J connectivity index is 1.76. The van der Waals surface area contributed by atoms with Crippen molar-refractivity contribution >= 4 is 60.5 Å². The van der Waals surface area contributed by atoms with Gasteiger partial charge in [0.25, 0.3) is 0 Å². The molecule has 2 aliphatic rings. The highest BCUT2D eigenvalue weighted by Gasteiger charge is 2.58. The largest absolute Gasteiger partial charge is 0.506 e. The first-order valence-electron chi connectivity index (χ1n) is 10.9. The molecule has 0 saturated heterocycles. The predicted molar refractivity (Wildman–Crippen MR) is 138 cm³/mol. The number of halogens is 2. The number of ether oxygens (including phenoxy) is 2. The highest BCUT2D eigenvalue weighted by molar-refractivity contribution is 9.11. The maximum atomic E-state index is 13.6. The van der Waals surface area contributed by atoms with Crippen molar-refractivity contribution < 1.29 is 29.0 Å². The molecule has 0 saturated carbocycles. The molecule has 1 unspecified atom stereocenters. The van der Waals surface area contributed by atoms with E-state index in [1.807, 2.05) is 24.3 Å². The summed E-state index contributed by atoms with van der Waals surface area (Å²) in [5.74, 6) is -2.24. The molecular weight excluding hydrogens is 596 g/mol. The first-order valence-corrected chi connectivity index (χ1v) is 12.5. The van der Waals surface area contributed by atoms with E-state index in [1.165, 1.54) is 32.6 Å². The zero-order chi connectivity index (χ0) is 25.8. The average Bonchev–Trinajstić information content (AvgIpc) is 3.27. The number of phenols is 1. The number of carbonyl (C=O) groups excluding carboxylic acids is 3. The van der Waals surface area contributed by atoms with Crippen LogP contribution in [0.2, 0.25) is 0 Å². The molecular formula is C26H20Br2N2O6. The Morgan fingerprint density at radius 1 is 1.11 bits per heavy atom. The quantitative estimate of drug-likeness (QED) is 0.328. The number of phenolic OH excluding ortho intramolecular Hbond substituents is 1. The number of carbonyl (C=O) groups is 3. The summed E-state index contributed by atoms with van der Waals surface area (Å²) < 4.78 is 11.2. The zero-order valence-corrected chi connectivity index (χ0v) is 22.4. The van der Waals surface area contributed by atoms with E-state index in [-0.39, 0.29) is 22.5 Å². The van der Waals surface area contributed by atoms with Crippen molar-refractivity contribution in [2.45, 2.75) is 12.0 Å². The number of hydrogen-bond acceptors (Lipinski definition) is 7. The Morgan fingerprint density at radius 3 is 2.58 bits per heavy atom. The van der Waals surface area contributed by atoms with Crippen LogP contribution in [0.15, 0.2) is 68.8 Å². The number of para-hydroxylation sites is 1. The van der Waals surface area contributed by atoms with E-state index >= 15 is 0 Å². The van der Waals surface area contributed by atoms with Gasteiger partial charge in [0.1, 0.15) is 5.75 Å². The van der Waals surface area contributed by atoms with E-state index in [1.54, 1.807) is 11.0 Å². The summed E-state index contributed by atoms with van der Waals surface area (Å²) in [6.07, 6.45) is 3.43. The van der Waals surface area contributed by atoms with Crippen molar-refractivity contribution in [3.8, 4) is 5.75 Å². The number of aromatic nitrogens is 1. The SMILES string of the molecule is COC(=O)C1=CC(C(=O)c2cc(Br)cc(Br)c2O)=CN2CCc3c([nH]c4ccccc34)C12C(=O)OC. The molecule has 3 heterocycles. The second kappa shape index (κ2) is 8.94. The lowest BCUT2D eigenvalue weighted by molar-refractivity contribution is -0.156. The number of rotatable bonds is 4. The third-order valence-corrected chi connectivity index (χ3v) is 7.68. The highest BCUT2D eigenvalue weighted by Crippen LogP contribution is 2.48. The highest BCUT2D eigenvalue weighted by atomic mass is 79.9. The van der Waals surface area contributed by atoms with Gasteiger partial charge in [0.2, 0.25) is 5.54 Å². The number of nitrogens with one attached hydrogen (secondary N) is 1. The minimum Gasteiger partial charge on any atom is -0.506 e. The third-order valence-electron chi connectivity index (χ3n) is 6.61. The second-order valence-electron chi connectivity index (χ2n) is 8.42. The van der Waals surface area contributed by atoms with Gasteiger partial charge in [-0.3, -0.25) is 4.79 Å². The maximum Gasteiger partial charge on any atom is 0.343 e. The summed E-state index contributed by atoms with van der Waals surface area (Å²) in [6, 6.07) is 10.7. The summed E-state index contributed by atoms with van der Waals surface area (Å²) >= 11 is 6.58. The number of aromatic amines is 1. The normalized spacial score (nSPS) is 18.6. The van der Waals surface area contributed by atoms with Gasteiger partial charge in [-0.2, -0.15) is 0 Å². The van der Waals surface area contributed by atoms with Crippen molar-refractivity contribution in [3.63, 3.8) is 0 Å². The maximum absolute atomic E-state index is 13.6. The number of fused-ring (bicyclic) bond motifs is 5. The number of methoxy groups -OCH3 is 2. The molecule has 2 N–H and O–H groups in total. The molecule has 1 aromatic heterocycles. The Kier molecular flexibility index (Phi) is 6.04. The van der Waals surface area contributed by atoms with E-state index in [4.69, 9.17) is 9.47 Å². The summed E-state index contributed by atoms with van der Waals surface area (Å²) in [5.41, 5.74) is 0.577. The lowest BCUT2D eigenvalue weighted by atomic mass is 9.75. The summed E-state index contributed by atoms with van der Waals surface area (Å²) in [5, 5.41) is 11.5. The molecule has 0 fully saturated rings. The molecule has 184 valence electrons. The lowest BCUT2D eigenvalue weighted by Gasteiger charge is -2.46. The smallest absolute Gasteiger partial charge is 0.343 e. The fraction of sp³-hybridized carbons (Fsp3) is 0.192. The monoisotopic (exact) mass is 614 g/mol. The van der Waals surface area contributed by atoms with Crippen molar-refractivity contribution in [3.05, 3.63) is 85.6 Å². The standard InChI is InChI=1S/C26H20Br2N2O6/c1-35-24(33)18-9-13(21(31)17-10-14(27)11-19(28)22(17)32)12-30-8-7-16-15-5-3-4-6-20(15)29-23(16)26(18,30)25(34)36-2/h3-6,9-12,29,32H,7-8H2,1-2H3. The number of aromatic hydroxyl groups is 1. The Labute approximate surface area is 222 Å². The summed E-state index contributed by atoms with van der Waals surface area (Å²) in [4.78, 5) is 45.3. The van der Waals surface area contributed by atoms with Crippen LogP contribution >= 0.6 is 31.9 Å². The molecule has 2 aromatic carbocycles. The number of H-pyrrole nitrogens is 1. The van der Waals surface area contributed by atoms with E-state index in [2.05, 4.69) is 36.8 Å². The molecule has 1 atom stereocenters. The van der Waals surface area contributed by atoms with Crippen molar-refractivity contribution in [1.82, 2.24) is 9.88 Å². The van der Waals surface area contributed by atoms with Gasteiger partial charge < -0.3 is 24.5 Å². The Bertz CT molecular complexity index is 1520. The van der Waals surface area contributed by atoms with Crippen LogP contribution in [0.5, 0.6) is 5.75 Å². The molecule has 0 radical (unpaired) electrons. The first-order chi connectivity index (χ1) is 17.2. The number of ketones is 1. The van der Waals surface area contributed by atoms with Gasteiger partial charge in [0.05, 0.1) is 35.5 Å². The number of nitrogens with zero attached hydrogens (tertiary/aromatic N) is 1. The molecule has 2 aliphatic heterocycles. The van der Waals surface area contributed by atoms with Gasteiger partial charge in [-0.15, -0.1) is 0 Å². The van der Waals surface area contributed by atoms with Gasteiger partial charge in [-0.25, -0.2) is 9.59 Å². The average molecular weight is 616 g/mol. The number of Topliss-reactive ketones (excluding diaryl/α,β-unsaturated/α-hetero) is 1. The third kappa shape index (κ3) is 3.42. The van der Waals surface area contributed by atoms with Crippen LogP contribution < -0.4 is 0 Å². The first kappa shape index (κ1) is 24.3. The molecule has 0 amide bonds. The molecule has 0 spiro atoms. The topological polar surface area (TPSA) is 109 Å². The van der Waals surface area contributed by atoms with Gasteiger partial charge in [-0.1, -0.05) is 34.1 Å². The summed E-state index contributed by atoms with van der Waals surface area (Å²) in [6.45, 7) is 0.323. The number of hydrogen-bond donors (Lipinski definition) is 2.